The lowest BCUT2D eigenvalue weighted by molar-refractivity contribution is 0.178. The summed E-state index contributed by atoms with van der Waals surface area (Å²) < 4.78 is 9.65. The predicted molar refractivity (Wildman–Crippen MR) is 127 cm³/mol. The quantitative estimate of drug-likeness (QED) is 0.305. The van der Waals surface area contributed by atoms with Gasteiger partial charge in [-0.15, -0.1) is 0 Å². The van der Waals surface area contributed by atoms with Gasteiger partial charge in [0.1, 0.15) is 28.1 Å². The molecule has 3 nitrogen and oxygen atoms in total. The van der Waals surface area contributed by atoms with Gasteiger partial charge in [0.15, 0.2) is 0 Å². The second kappa shape index (κ2) is 8.86. The van der Waals surface area contributed by atoms with Gasteiger partial charge in [0, 0.05) is 18.0 Å². The minimum Gasteiger partial charge on any atom is -0.545 e. The molecule has 0 aliphatic carbocycles. The van der Waals surface area contributed by atoms with Crippen molar-refractivity contribution >= 4 is 24.8 Å². The number of allylic oxidation sites excluding steroid dienone is 1. The summed E-state index contributed by atoms with van der Waals surface area (Å²) >= 11 is 0. The molecule has 0 saturated carbocycles. The SMILES string of the molecule is CC(C)/C(O[Si](C)(C)C)=C(\N(C(C)C)C(C)C)N([Si](C)(C)C)[Si](C)(C)C. The van der Waals surface area contributed by atoms with E-state index in [0.717, 1.165) is 0 Å². The standard InChI is InChI=1S/C20H48N2OSi3/c1-16(2)19(23-26(13,14)15)20(21(17(3)4)18(5)6)22(24(7,8)9)25(10,11)12/h16-18H,1-15H3/b20-19-. The number of nitrogens with zero attached hydrogens (tertiary/aromatic N) is 2. The third-order valence-corrected chi connectivity index (χ3v) is 12.0. The van der Waals surface area contributed by atoms with Gasteiger partial charge in [0.2, 0.25) is 8.32 Å². The zero-order chi connectivity index (χ0) is 21.2. The van der Waals surface area contributed by atoms with Gasteiger partial charge in [0.25, 0.3) is 0 Å². The van der Waals surface area contributed by atoms with Gasteiger partial charge < -0.3 is 13.6 Å². The van der Waals surface area contributed by atoms with Gasteiger partial charge in [-0.3, -0.25) is 0 Å². The number of hydrogen-bond donors (Lipinski definition) is 0. The maximum atomic E-state index is 6.79. The molecule has 156 valence electrons. The van der Waals surface area contributed by atoms with Crippen molar-refractivity contribution in [2.24, 2.45) is 5.92 Å². The Labute approximate surface area is 168 Å². The predicted octanol–water partition coefficient (Wildman–Crippen LogP) is 6.75. The molecule has 0 bridgehead atoms. The summed E-state index contributed by atoms with van der Waals surface area (Å²) in [4.78, 5) is 2.62. The van der Waals surface area contributed by atoms with Crippen molar-refractivity contribution in [1.82, 2.24) is 9.13 Å². The minimum absolute atomic E-state index is 0.381. The molecule has 0 aromatic carbocycles. The summed E-state index contributed by atoms with van der Waals surface area (Å²) in [7, 11) is -4.89. The molecule has 0 radical (unpaired) electrons. The summed E-state index contributed by atoms with van der Waals surface area (Å²) in [6, 6.07) is 0.887. The van der Waals surface area contributed by atoms with Crippen molar-refractivity contribution in [3.8, 4) is 0 Å². The van der Waals surface area contributed by atoms with Crippen LogP contribution in [0.3, 0.4) is 0 Å². The molecule has 0 fully saturated rings. The summed E-state index contributed by atoms with van der Waals surface area (Å²) in [5.74, 6) is 2.99. The monoisotopic (exact) mass is 416 g/mol. The van der Waals surface area contributed by atoms with Crippen LogP contribution in [0.5, 0.6) is 0 Å². The van der Waals surface area contributed by atoms with Crippen LogP contribution in [0, 0.1) is 5.92 Å². The minimum atomic E-state index is -1.71. The van der Waals surface area contributed by atoms with Crippen LogP contribution in [0.1, 0.15) is 41.5 Å². The highest BCUT2D eigenvalue weighted by atomic mass is 28.4. The van der Waals surface area contributed by atoms with Crippen LogP contribution in [0.25, 0.3) is 0 Å². The summed E-state index contributed by atoms with van der Waals surface area (Å²) in [6.45, 7) is 35.7. The fourth-order valence-electron chi connectivity index (χ4n) is 3.83. The fraction of sp³-hybridized carbons (Fsp3) is 0.900. The largest absolute Gasteiger partial charge is 0.545 e. The van der Waals surface area contributed by atoms with Gasteiger partial charge in [-0.25, -0.2) is 0 Å². The van der Waals surface area contributed by atoms with Gasteiger partial charge in [-0.05, 0) is 47.3 Å². The average molecular weight is 417 g/mol. The molecule has 0 N–H and O–H groups in total. The zero-order valence-corrected chi connectivity index (χ0v) is 23.5. The molecule has 0 heterocycles. The van der Waals surface area contributed by atoms with Crippen LogP contribution in [0.15, 0.2) is 11.6 Å². The third kappa shape index (κ3) is 7.43. The van der Waals surface area contributed by atoms with E-state index in [1.807, 2.05) is 0 Å². The average Bonchev–Trinajstić information content (AvgIpc) is 2.29. The lowest BCUT2D eigenvalue weighted by Crippen LogP contribution is -2.62. The molecule has 0 saturated heterocycles. The van der Waals surface area contributed by atoms with E-state index in [4.69, 9.17) is 4.43 Å². The maximum absolute atomic E-state index is 6.79. The molecule has 0 aromatic heterocycles. The lowest BCUT2D eigenvalue weighted by atomic mass is 10.1. The Morgan fingerprint density at radius 3 is 1.19 bits per heavy atom. The van der Waals surface area contributed by atoms with E-state index in [1.165, 1.54) is 11.6 Å². The molecule has 0 rings (SSSR count). The molecule has 0 amide bonds. The van der Waals surface area contributed by atoms with Crippen molar-refractivity contribution in [1.29, 1.82) is 0 Å². The normalized spacial score (nSPS) is 14.8. The maximum Gasteiger partial charge on any atom is 0.241 e. The molecule has 0 atom stereocenters. The first-order chi connectivity index (χ1) is 11.3. The second-order valence-electron chi connectivity index (χ2n) is 11.3. The van der Waals surface area contributed by atoms with E-state index in [1.54, 1.807) is 0 Å². The van der Waals surface area contributed by atoms with Crippen molar-refractivity contribution < 1.29 is 4.43 Å². The third-order valence-electron chi connectivity index (χ3n) is 4.07. The van der Waals surface area contributed by atoms with E-state index in [-0.39, 0.29) is 0 Å². The highest BCUT2D eigenvalue weighted by Crippen LogP contribution is 2.35. The lowest BCUT2D eigenvalue weighted by Gasteiger charge is -2.53. The van der Waals surface area contributed by atoms with Crippen molar-refractivity contribution in [2.45, 2.75) is 113 Å². The van der Waals surface area contributed by atoms with Crippen LogP contribution in [-0.2, 0) is 4.43 Å². The van der Waals surface area contributed by atoms with E-state index >= 15 is 0 Å². The van der Waals surface area contributed by atoms with Crippen molar-refractivity contribution in [3.05, 3.63) is 11.6 Å². The van der Waals surface area contributed by atoms with E-state index < -0.39 is 24.8 Å². The first-order valence-corrected chi connectivity index (χ1v) is 20.6. The highest BCUT2D eigenvalue weighted by molar-refractivity contribution is 6.90. The van der Waals surface area contributed by atoms with E-state index in [0.29, 0.717) is 18.0 Å². The molecular weight excluding hydrogens is 368 g/mol. The van der Waals surface area contributed by atoms with E-state index in [2.05, 4.69) is 110 Å². The Morgan fingerprint density at radius 1 is 0.654 bits per heavy atom. The van der Waals surface area contributed by atoms with Crippen LogP contribution in [-0.4, -0.2) is 46.0 Å². The molecule has 26 heavy (non-hydrogen) atoms. The molecule has 0 aliphatic heterocycles. The van der Waals surface area contributed by atoms with Crippen molar-refractivity contribution in [2.75, 3.05) is 0 Å². The molecule has 0 aliphatic rings. The topological polar surface area (TPSA) is 15.7 Å². The fourth-order valence-corrected chi connectivity index (χ4v) is 14.6. The number of hydrogen-bond acceptors (Lipinski definition) is 3. The molecule has 0 aromatic rings. The number of rotatable bonds is 9. The Balaban J connectivity index is 7.01. The second-order valence-corrected chi connectivity index (χ2v) is 25.8. The highest BCUT2D eigenvalue weighted by Gasteiger charge is 2.41. The smallest absolute Gasteiger partial charge is 0.241 e. The van der Waals surface area contributed by atoms with Gasteiger partial charge in [-0.2, -0.15) is 0 Å². The summed E-state index contributed by atoms with van der Waals surface area (Å²) in [5, 5.41) is 0. The molecule has 0 unspecified atom stereocenters. The van der Waals surface area contributed by atoms with Gasteiger partial charge in [-0.1, -0.05) is 53.1 Å². The Bertz CT molecular complexity index is 459. The Morgan fingerprint density at radius 2 is 1.00 bits per heavy atom. The van der Waals surface area contributed by atoms with Crippen LogP contribution >= 0.6 is 0 Å². The molecule has 0 spiro atoms. The van der Waals surface area contributed by atoms with Crippen molar-refractivity contribution in [3.63, 3.8) is 0 Å². The molecule has 6 heteroatoms. The first-order valence-electron chi connectivity index (χ1n) is 10.3. The summed E-state index contributed by atoms with van der Waals surface area (Å²) in [5.41, 5.74) is 0. The van der Waals surface area contributed by atoms with Crippen LogP contribution < -0.4 is 0 Å². The summed E-state index contributed by atoms with van der Waals surface area (Å²) in [6.07, 6.45) is 0. The Hall–Kier alpha value is -0.209. The van der Waals surface area contributed by atoms with Gasteiger partial charge in [0.05, 0.1) is 0 Å². The zero-order valence-electron chi connectivity index (χ0n) is 20.5. The first kappa shape index (κ1) is 25.8. The molecular formula is C20H48N2OSi3. The van der Waals surface area contributed by atoms with Gasteiger partial charge >= 0.3 is 0 Å². The van der Waals surface area contributed by atoms with Crippen LogP contribution in [0.2, 0.25) is 58.9 Å². The van der Waals surface area contributed by atoms with Crippen LogP contribution in [0.4, 0.5) is 0 Å². The van der Waals surface area contributed by atoms with E-state index in [9.17, 15) is 0 Å². The Kier molecular flexibility index (Phi) is 8.79.